The first-order valence-corrected chi connectivity index (χ1v) is 23.2. The van der Waals surface area contributed by atoms with E-state index in [0.29, 0.717) is 6.42 Å². The van der Waals surface area contributed by atoms with Crippen LogP contribution in [-0.4, -0.2) is 49.3 Å². The summed E-state index contributed by atoms with van der Waals surface area (Å²) in [6.07, 6.45) is 39.5. The minimum absolute atomic E-state index is 0.0560. The summed E-state index contributed by atoms with van der Waals surface area (Å²) in [5, 5.41) is 0. The molecule has 0 heterocycles. The maximum atomic E-state index is 12.5. The van der Waals surface area contributed by atoms with E-state index in [9.17, 15) is 19.0 Å². The first-order chi connectivity index (χ1) is 25.3. The molecular weight excluding hydrogens is 677 g/mol. The Morgan fingerprint density at radius 3 is 1.37 bits per heavy atom. The molecule has 2 unspecified atom stereocenters. The highest BCUT2D eigenvalue weighted by Gasteiger charge is 2.26. The van der Waals surface area contributed by atoms with E-state index in [0.717, 1.165) is 32.1 Å². The van der Waals surface area contributed by atoms with E-state index >= 15 is 0 Å². The second kappa shape index (κ2) is 39.4. The topological polar surface area (TPSA) is 134 Å². The van der Waals surface area contributed by atoms with Gasteiger partial charge in [0.15, 0.2) is 6.10 Å². The van der Waals surface area contributed by atoms with Gasteiger partial charge in [-0.25, -0.2) is 4.57 Å². The van der Waals surface area contributed by atoms with Gasteiger partial charge < -0.3 is 20.1 Å². The maximum absolute atomic E-state index is 12.5. The predicted molar refractivity (Wildman–Crippen MR) is 215 cm³/mol. The van der Waals surface area contributed by atoms with E-state index < -0.39 is 26.5 Å². The predicted octanol–water partition coefficient (Wildman–Crippen LogP) is 12.2. The fourth-order valence-electron chi connectivity index (χ4n) is 6.16. The Balaban J connectivity index is 4.08. The van der Waals surface area contributed by atoms with Gasteiger partial charge in [-0.3, -0.25) is 18.6 Å². The van der Waals surface area contributed by atoms with Crippen molar-refractivity contribution in [1.29, 1.82) is 0 Å². The fourth-order valence-corrected chi connectivity index (χ4v) is 6.92. The normalized spacial score (nSPS) is 13.4. The molecule has 0 spiro atoms. The summed E-state index contributed by atoms with van der Waals surface area (Å²) >= 11 is 0. The lowest BCUT2D eigenvalue weighted by molar-refractivity contribution is -0.161. The lowest BCUT2D eigenvalue weighted by Gasteiger charge is -2.19. The molecule has 0 aromatic heterocycles. The quantitative estimate of drug-likeness (QED) is 0.0270. The van der Waals surface area contributed by atoms with Crippen LogP contribution in [0.3, 0.4) is 0 Å². The van der Waals surface area contributed by atoms with Crippen molar-refractivity contribution >= 4 is 19.8 Å². The first-order valence-electron chi connectivity index (χ1n) is 21.7. The smallest absolute Gasteiger partial charge is 0.462 e. The van der Waals surface area contributed by atoms with Crippen molar-refractivity contribution in [1.82, 2.24) is 0 Å². The molecule has 0 aromatic carbocycles. The molecule has 0 saturated carbocycles. The molecule has 9 nitrogen and oxygen atoms in total. The van der Waals surface area contributed by atoms with Crippen LogP contribution in [0.4, 0.5) is 0 Å². The number of esters is 2. The number of hydrogen-bond donors (Lipinski definition) is 2. The lowest BCUT2D eigenvalue weighted by Crippen LogP contribution is -2.29. The van der Waals surface area contributed by atoms with Crippen molar-refractivity contribution in [3.63, 3.8) is 0 Å². The third kappa shape index (κ3) is 38.5. The number of phosphoric ester groups is 1. The third-order valence-electron chi connectivity index (χ3n) is 9.40. The molecule has 0 saturated heterocycles. The van der Waals surface area contributed by atoms with Crippen LogP contribution < -0.4 is 5.73 Å². The van der Waals surface area contributed by atoms with Gasteiger partial charge in [-0.1, -0.05) is 174 Å². The highest BCUT2D eigenvalue weighted by atomic mass is 31.2. The van der Waals surface area contributed by atoms with E-state index in [2.05, 4.69) is 26.0 Å². The molecule has 3 N–H and O–H groups in total. The average molecular weight is 760 g/mol. The van der Waals surface area contributed by atoms with Crippen LogP contribution in [0.2, 0.25) is 0 Å². The zero-order chi connectivity index (χ0) is 38.2. The van der Waals surface area contributed by atoms with Crippen LogP contribution in [0.1, 0.15) is 213 Å². The Bertz CT molecular complexity index is 871. The molecule has 10 heteroatoms. The second-order valence-corrected chi connectivity index (χ2v) is 16.0. The molecule has 0 aliphatic carbocycles. The Morgan fingerprint density at radius 2 is 0.942 bits per heavy atom. The van der Waals surface area contributed by atoms with Crippen molar-refractivity contribution in [2.45, 2.75) is 219 Å². The van der Waals surface area contributed by atoms with Gasteiger partial charge in [-0.15, -0.1) is 0 Å². The second-order valence-electron chi connectivity index (χ2n) is 14.6. The van der Waals surface area contributed by atoms with Gasteiger partial charge in [0.05, 0.1) is 13.2 Å². The first kappa shape index (κ1) is 50.8. The van der Waals surface area contributed by atoms with Crippen molar-refractivity contribution in [2.24, 2.45) is 5.73 Å². The molecule has 0 aliphatic heterocycles. The van der Waals surface area contributed by atoms with E-state index in [1.165, 1.54) is 148 Å². The molecule has 0 fully saturated rings. The molecule has 0 bridgehead atoms. The average Bonchev–Trinajstić information content (AvgIpc) is 3.13. The highest BCUT2D eigenvalue weighted by Crippen LogP contribution is 2.43. The number of unbranched alkanes of at least 4 members (excludes halogenated alkanes) is 26. The molecule has 2 atom stereocenters. The molecule has 0 amide bonds. The standard InChI is InChI=1S/C42H82NO8P/c1-3-5-7-9-11-13-15-17-18-19-20-21-22-23-25-26-28-30-32-34-41(44)48-38-40(39-50-52(46,47)49-37-36-43)51-42(45)35-33-31-29-27-24-16-14-12-10-8-6-4-2/h17-18,40H,3-16,19-39,43H2,1-2H3,(H,46,47). The van der Waals surface area contributed by atoms with Crippen LogP contribution in [-0.2, 0) is 32.7 Å². The Kier molecular flexibility index (Phi) is 38.5. The zero-order valence-corrected chi connectivity index (χ0v) is 34.7. The minimum Gasteiger partial charge on any atom is -0.462 e. The summed E-state index contributed by atoms with van der Waals surface area (Å²) in [7, 11) is -4.37. The zero-order valence-electron chi connectivity index (χ0n) is 33.8. The van der Waals surface area contributed by atoms with Crippen LogP contribution >= 0.6 is 7.82 Å². The van der Waals surface area contributed by atoms with E-state index in [1.54, 1.807) is 0 Å². The molecule has 0 aromatic rings. The van der Waals surface area contributed by atoms with Gasteiger partial charge in [-0.2, -0.15) is 0 Å². The Hall–Kier alpha value is -1.25. The number of carbonyl (C=O) groups is 2. The van der Waals surface area contributed by atoms with Gasteiger partial charge >= 0.3 is 19.8 Å². The number of hydrogen-bond acceptors (Lipinski definition) is 8. The summed E-state index contributed by atoms with van der Waals surface area (Å²) < 4.78 is 32.7. The van der Waals surface area contributed by atoms with E-state index in [-0.39, 0.29) is 38.6 Å². The van der Waals surface area contributed by atoms with Crippen LogP contribution in [0.15, 0.2) is 12.2 Å². The number of phosphoric acid groups is 1. The SMILES string of the molecule is CCCCCCCCC=CCCCCCCCCCCCC(=O)OCC(COP(=O)(O)OCCN)OC(=O)CCCCCCCCCCCCCC. The number of rotatable bonds is 41. The summed E-state index contributed by atoms with van der Waals surface area (Å²) in [6, 6.07) is 0. The van der Waals surface area contributed by atoms with Crippen molar-refractivity contribution in [2.75, 3.05) is 26.4 Å². The molecule has 52 heavy (non-hydrogen) atoms. The molecule has 0 rings (SSSR count). The van der Waals surface area contributed by atoms with Crippen molar-refractivity contribution < 1.29 is 37.6 Å². The highest BCUT2D eigenvalue weighted by molar-refractivity contribution is 7.47. The van der Waals surface area contributed by atoms with Crippen LogP contribution in [0.5, 0.6) is 0 Å². The summed E-state index contributed by atoms with van der Waals surface area (Å²) in [4.78, 5) is 34.8. The van der Waals surface area contributed by atoms with Gasteiger partial charge in [0.1, 0.15) is 6.61 Å². The number of allylic oxidation sites excluding steroid dienone is 2. The minimum atomic E-state index is -4.37. The van der Waals surface area contributed by atoms with Crippen molar-refractivity contribution in [3.05, 3.63) is 12.2 Å². The largest absolute Gasteiger partial charge is 0.472 e. The van der Waals surface area contributed by atoms with Gasteiger partial charge in [0.2, 0.25) is 0 Å². The third-order valence-corrected chi connectivity index (χ3v) is 10.4. The number of ether oxygens (including phenoxy) is 2. The van der Waals surface area contributed by atoms with Gasteiger partial charge in [-0.05, 0) is 38.5 Å². The monoisotopic (exact) mass is 760 g/mol. The molecule has 0 aliphatic rings. The molecular formula is C42H82NO8P. The summed E-state index contributed by atoms with van der Waals surface area (Å²) in [5.41, 5.74) is 5.34. The van der Waals surface area contributed by atoms with Crippen LogP contribution in [0.25, 0.3) is 0 Å². The summed E-state index contributed by atoms with van der Waals surface area (Å²) in [6.45, 7) is 3.74. The van der Waals surface area contributed by atoms with Gasteiger partial charge in [0, 0.05) is 19.4 Å². The summed E-state index contributed by atoms with van der Waals surface area (Å²) in [5.74, 6) is -0.822. The Labute approximate surface area is 319 Å². The maximum Gasteiger partial charge on any atom is 0.472 e. The molecule has 308 valence electrons. The van der Waals surface area contributed by atoms with E-state index in [1.807, 2.05) is 0 Å². The lowest BCUT2D eigenvalue weighted by atomic mass is 10.0. The molecule has 0 radical (unpaired) electrons. The van der Waals surface area contributed by atoms with Crippen LogP contribution in [0, 0.1) is 0 Å². The number of carbonyl (C=O) groups excluding carboxylic acids is 2. The van der Waals surface area contributed by atoms with Gasteiger partial charge in [0.25, 0.3) is 0 Å². The number of nitrogens with two attached hydrogens (primary N) is 1. The van der Waals surface area contributed by atoms with Crippen molar-refractivity contribution in [3.8, 4) is 0 Å². The Morgan fingerprint density at radius 1 is 0.558 bits per heavy atom. The van der Waals surface area contributed by atoms with E-state index in [4.69, 9.17) is 24.3 Å². The fraction of sp³-hybridized carbons (Fsp3) is 0.905.